The lowest BCUT2D eigenvalue weighted by Crippen LogP contribution is -2.19. The second-order valence-corrected chi connectivity index (χ2v) is 5.69. The second kappa shape index (κ2) is 6.38. The Balaban J connectivity index is 1.95. The van der Waals surface area contributed by atoms with Crippen LogP contribution in [0.25, 0.3) is 22.2 Å². The molecule has 0 aliphatic heterocycles. The average molecular weight is 359 g/mol. The van der Waals surface area contributed by atoms with E-state index in [-0.39, 0.29) is 17.7 Å². The van der Waals surface area contributed by atoms with Crippen molar-refractivity contribution in [3.05, 3.63) is 70.4 Å². The summed E-state index contributed by atoms with van der Waals surface area (Å²) < 4.78 is 7.83. The van der Waals surface area contributed by atoms with Crippen LogP contribution >= 0.6 is 0 Å². The van der Waals surface area contributed by atoms with E-state index in [1.54, 1.807) is 43.5 Å². The number of rotatable bonds is 3. The molecule has 3 aromatic heterocycles. The lowest BCUT2D eigenvalue weighted by molar-refractivity contribution is 0.0528. The van der Waals surface area contributed by atoms with E-state index in [4.69, 9.17) is 4.74 Å². The van der Waals surface area contributed by atoms with Gasteiger partial charge in [0.25, 0.3) is 5.56 Å². The summed E-state index contributed by atoms with van der Waals surface area (Å²) in [6.45, 7) is 1.96. The lowest BCUT2D eigenvalue weighted by atomic mass is 10.2. The van der Waals surface area contributed by atoms with Crippen LogP contribution in [0.2, 0.25) is 0 Å². The molecule has 4 rings (SSSR count). The lowest BCUT2D eigenvalue weighted by Gasteiger charge is -2.09. The minimum Gasteiger partial charge on any atom is -0.462 e. The van der Waals surface area contributed by atoms with Crippen molar-refractivity contribution in [2.45, 2.75) is 6.92 Å². The maximum atomic E-state index is 13.0. The highest BCUT2D eigenvalue weighted by atomic mass is 16.5. The molecule has 0 N–H and O–H groups in total. The second-order valence-electron chi connectivity index (χ2n) is 5.69. The molecule has 0 amide bonds. The molecule has 27 heavy (non-hydrogen) atoms. The zero-order chi connectivity index (χ0) is 19.0. The molecule has 0 bridgehead atoms. The summed E-state index contributed by atoms with van der Waals surface area (Å²) >= 11 is 0. The molecule has 4 aromatic rings. The predicted molar refractivity (Wildman–Crippen MR) is 96.8 cm³/mol. The number of hydrogen-bond donors (Lipinski definition) is 0. The highest BCUT2D eigenvalue weighted by Crippen LogP contribution is 2.18. The normalized spacial score (nSPS) is 10.8. The third kappa shape index (κ3) is 2.53. The monoisotopic (exact) mass is 359 g/mol. The number of esters is 1. The number of hydrogen-bond acceptors (Lipinski definition) is 6. The van der Waals surface area contributed by atoms with Crippen LogP contribution in [0.4, 0.5) is 0 Å². The molecule has 0 fully saturated rings. The molecular formula is C19H13N5O3. The number of para-hydroxylation sites is 1. The highest BCUT2D eigenvalue weighted by molar-refractivity contribution is 5.97. The molecule has 3 heterocycles. The smallest absolute Gasteiger partial charge is 0.343 e. The van der Waals surface area contributed by atoms with Crippen LogP contribution in [0.3, 0.4) is 0 Å². The van der Waals surface area contributed by atoms with Crippen molar-refractivity contribution in [3.63, 3.8) is 0 Å². The van der Waals surface area contributed by atoms with Crippen molar-refractivity contribution in [2.75, 3.05) is 6.61 Å². The van der Waals surface area contributed by atoms with Gasteiger partial charge in [0.15, 0.2) is 5.65 Å². The first kappa shape index (κ1) is 16.5. The molecular weight excluding hydrogens is 346 g/mol. The third-order valence-corrected chi connectivity index (χ3v) is 4.17. The molecule has 0 radical (unpaired) electrons. The van der Waals surface area contributed by atoms with Crippen LogP contribution in [0, 0.1) is 11.3 Å². The first-order valence-electron chi connectivity index (χ1n) is 8.20. The number of carbonyl (C=O) groups is 1. The van der Waals surface area contributed by atoms with Gasteiger partial charge in [-0.3, -0.25) is 9.36 Å². The van der Waals surface area contributed by atoms with Crippen molar-refractivity contribution in [1.29, 1.82) is 5.26 Å². The number of nitriles is 1. The van der Waals surface area contributed by atoms with Crippen molar-refractivity contribution in [3.8, 4) is 11.8 Å². The molecule has 8 heteroatoms. The van der Waals surface area contributed by atoms with Gasteiger partial charge in [-0.15, -0.1) is 0 Å². The van der Waals surface area contributed by atoms with Gasteiger partial charge in [0.1, 0.15) is 11.6 Å². The van der Waals surface area contributed by atoms with Crippen LogP contribution in [0.5, 0.6) is 0 Å². The Labute approximate surface area is 152 Å². The predicted octanol–water partition coefficient (Wildman–Crippen LogP) is 2.08. The highest BCUT2D eigenvalue weighted by Gasteiger charge is 2.18. The molecule has 0 aliphatic carbocycles. The number of benzene rings is 1. The summed E-state index contributed by atoms with van der Waals surface area (Å²) in [5.41, 5.74) is 1.59. The molecule has 1 aromatic carbocycles. The summed E-state index contributed by atoms with van der Waals surface area (Å²) in [5, 5.41) is 13.8. The summed E-state index contributed by atoms with van der Waals surface area (Å²) in [6, 6.07) is 10.6. The van der Waals surface area contributed by atoms with Crippen LogP contribution in [0.15, 0.2) is 53.7 Å². The molecule has 0 aliphatic rings. The molecule has 0 saturated carbocycles. The SMILES string of the molecule is CCOC(=O)c1cnn2c1ncc1c(=O)n(-c3ccccc3C#N)ccc12. The zero-order valence-electron chi connectivity index (χ0n) is 14.3. The quantitative estimate of drug-likeness (QED) is 0.519. The number of aromatic nitrogens is 4. The summed E-state index contributed by atoms with van der Waals surface area (Å²) in [4.78, 5) is 29.2. The van der Waals surface area contributed by atoms with Gasteiger partial charge in [-0.1, -0.05) is 12.1 Å². The average Bonchev–Trinajstić information content (AvgIpc) is 3.13. The summed E-state index contributed by atoms with van der Waals surface area (Å²) in [5.74, 6) is -0.518. The maximum Gasteiger partial charge on any atom is 0.343 e. The number of ether oxygens (including phenoxy) is 1. The van der Waals surface area contributed by atoms with E-state index in [9.17, 15) is 14.9 Å². The molecule has 8 nitrogen and oxygen atoms in total. The summed E-state index contributed by atoms with van der Waals surface area (Å²) in [7, 11) is 0. The Kier molecular flexibility index (Phi) is 3.90. The molecule has 0 unspecified atom stereocenters. The van der Waals surface area contributed by atoms with Crippen molar-refractivity contribution < 1.29 is 9.53 Å². The first-order chi connectivity index (χ1) is 13.2. The van der Waals surface area contributed by atoms with Gasteiger partial charge in [-0.25, -0.2) is 14.3 Å². The van der Waals surface area contributed by atoms with E-state index in [0.717, 1.165) is 0 Å². The van der Waals surface area contributed by atoms with E-state index in [1.165, 1.54) is 21.5 Å². The van der Waals surface area contributed by atoms with Gasteiger partial charge < -0.3 is 4.74 Å². The van der Waals surface area contributed by atoms with Crippen molar-refractivity contribution in [1.82, 2.24) is 19.2 Å². The number of fused-ring (bicyclic) bond motifs is 3. The van der Waals surface area contributed by atoms with Gasteiger partial charge in [0, 0.05) is 12.4 Å². The fourth-order valence-corrected chi connectivity index (χ4v) is 2.94. The van der Waals surface area contributed by atoms with E-state index < -0.39 is 5.97 Å². The molecule has 132 valence electrons. The van der Waals surface area contributed by atoms with Crippen LogP contribution in [0.1, 0.15) is 22.8 Å². The van der Waals surface area contributed by atoms with Gasteiger partial charge in [0.05, 0.1) is 35.0 Å². The number of nitrogens with zero attached hydrogens (tertiary/aromatic N) is 5. The number of carbonyl (C=O) groups excluding carboxylic acids is 1. The van der Waals surface area contributed by atoms with Crippen molar-refractivity contribution >= 4 is 22.5 Å². The van der Waals surface area contributed by atoms with Crippen molar-refractivity contribution in [2.24, 2.45) is 0 Å². The van der Waals surface area contributed by atoms with Gasteiger partial charge in [-0.05, 0) is 25.1 Å². The Hall–Kier alpha value is -3.99. The molecule has 0 atom stereocenters. The minimum absolute atomic E-state index is 0.234. The van der Waals surface area contributed by atoms with Gasteiger partial charge in [-0.2, -0.15) is 10.4 Å². The Bertz CT molecular complexity index is 1300. The van der Waals surface area contributed by atoms with E-state index in [1.807, 2.05) is 0 Å². The van der Waals surface area contributed by atoms with Crippen LogP contribution < -0.4 is 5.56 Å². The fourth-order valence-electron chi connectivity index (χ4n) is 2.94. The van der Waals surface area contributed by atoms with Crippen LogP contribution in [-0.2, 0) is 4.74 Å². The molecule has 0 spiro atoms. The topological polar surface area (TPSA) is 102 Å². The zero-order valence-corrected chi connectivity index (χ0v) is 14.3. The first-order valence-corrected chi connectivity index (χ1v) is 8.20. The van der Waals surface area contributed by atoms with E-state index in [0.29, 0.717) is 27.8 Å². The van der Waals surface area contributed by atoms with Crippen LogP contribution in [-0.4, -0.2) is 31.7 Å². The number of pyridine rings is 1. The minimum atomic E-state index is -0.518. The van der Waals surface area contributed by atoms with E-state index in [2.05, 4.69) is 16.2 Å². The maximum absolute atomic E-state index is 13.0. The Morgan fingerprint density at radius 3 is 2.85 bits per heavy atom. The summed E-state index contributed by atoms with van der Waals surface area (Å²) in [6.07, 6.45) is 4.35. The standard InChI is InChI=1S/C19H13N5O3/c1-2-27-19(26)14-11-22-24-16-7-8-23(15-6-4-3-5-12(15)9-20)18(25)13(16)10-21-17(14)24/h3-8,10-11H,2H2,1H3. The Morgan fingerprint density at radius 2 is 2.07 bits per heavy atom. The van der Waals surface area contributed by atoms with Gasteiger partial charge in [0.2, 0.25) is 0 Å². The molecule has 0 saturated heterocycles. The third-order valence-electron chi connectivity index (χ3n) is 4.17. The van der Waals surface area contributed by atoms with Gasteiger partial charge >= 0.3 is 5.97 Å². The largest absolute Gasteiger partial charge is 0.462 e. The van der Waals surface area contributed by atoms with E-state index >= 15 is 0 Å². The fraction of sp³-hybridized carbons (Fsp3) is 0.105. The Morgan fingerprint density at radius 1 is 1.26 bits per heavy atom.